The summed E-state index contributed by atoms with van der Waals surface area (Å²) in [6.07, 6.45) is 8.53. The predicted molar refractivity (Wildman–Crippen MR) is 91.9 cm³/mol. The highest BCUT2D eigenvalue weighted by Crippen LogP contribution is 2.14. The van der Waals surface area contributed by atoms with E-state index in [1.165, 1.54) is 27.2 Å². The Hall–Kier alpha value is -2.54. The number of nitrogens with zero attached hydrogens (tertiary/aromatic N) is 1. The number of hydrogen-bond donors (Lipinski definition) is 0. The van der Waals surface area contributed by atoms with E-state index in [0.29, 0.717) is 0 Å². The summed E-state index contributed by atoms with van der Waals surface area (Å²) in [5.41, 5.74) is 2.44. The van der Waals surface area contributed by atoms with E-state index < -0.39 is 0 Å². The van der Waals surface area contributed by atoms with Crippen molar-refractivity contribution in [1.29, 1.82) is 0 Å². The summed E-state index contributed by atoms with van der Waals surface area (Å²) in [6, 6.07) is 19.1. The molecule has 0 aliphatic carbocycles. The van der Waals surface area contributed by atoms with Crippen molar-refractivity contribution in [2.45, 2.75) is 13.8 Å². The molecule has 0 radical (unpaired) electrons. The van der Waals surface area contributed by atoms with Crippen LogP contribution in [0.2, 0.25) is 0 Å². The first-order chi connectivity index (χ1) is 10.4. The van der Waals surface area contributed by atoms with Crippen molar-refractivity contribution >= 4 is 23.1 Å². The fourth-order valence-electron chi connectivity index (χ4n) is 2.79. The second-order valence-electron chi connectivity index (χ2n) is 4.97. The maximum Gasteiger partial charge on any atom is 0.0540 e. The minimum Gasteiger partial charge on any atom is -0.309 e. The van der Waals surface area contributed by atoms with Crippen LogP contribution < -0.4 is 10.6 Å². The van der Waals surface area contributed by atoms with Crippen molar-refractivity contribution in [1.82, 2.24) is 4.57 Å². The third kappa shape index (κ3) is 2.31. The lowest BCUT2D eigenvalue weighted by molar-refractivity contribution is 1.07. The smallest absolute Gasteiger partial charge is 0.0540 e. The fraction of sp³-hybridized carbons (Fsp3) is 0.100. The van der Waals surface area contributed by atoms with Gasteiger partial charge in [-0.3, -0.25) is 0 Å². The third-order valence-corrected chi connectivity index (χ3v) is 3.70. The van der Waals surface area contributed by atoms with Crippen molar-refractivity contribution < 1.29 is 0 Å². The first kappa shape index (κ1) is 13.4. The molecule has 1 aromatic heterocycles. The van der Waals surface area contributed by atoms with Crippen LogP contribution in [-0.4, -0.2) is 4.57 Å². The largest absolute Gasteiger partial charge is 0.309 e. The summed E-state index contributed by atoms with van der Waals surface area (Å²) >= 11 is 0. The molecule has 104 valence electrons. The molecule has 1 nitrogen and oxygen atoms in total. The average Bonchev–Trinajstić information content (AvgIpc) is 2.87. The molecule has 21 heavy (non-hydrogen) atoms. The molecule has 1 heterocycles. The Morgan fingerprint density at radius 1 is 0.857 bits per heavy atom. The number of fused-ring (bicyclic) bond motifs is 1. The molecule has 0 bridgehead atoms. The average molecular weight is 273 g/mol. The van der Waals surface area contributed by atoms with Crippen LogP contribution in [0, 0.1) is 0 Å². The molecule has 0 N–H and O–H groups in total. The van der Waals surface area contributed by atoms with Crippen molar-refractivity contribution in [2.75, 3.05) is 0 Å². The van der Waals surface area contributed by atoms with Gasteiger partial charge in [0.05, 0.1) is 10.9 Å². The fourth-order valence-corrected chi connectivity index (χ4v) is 2.79. The lowest BCUT2D eigenvalue weighted by atomic mass is 10.2. The van der Waals surface area contributed by atoms with Crippen LogP contribution in [-0.2, 0) is 0 Å². The Morgan fingerprint density at radius 3 is 2.29 bits per heavy atom. The van der Waals surface area contributed by atoms with Gasteiger partial charge in [0.25, 0.3) is 0 Å². The zero-order chi connectivity index (χ0) is 14.7. The second-order valence-corrected chi connectivity index (χ2v) is 4.97. The quantitative estimate of drug-likeness (QED) is 0.669. The van der Waals surface area contributed by atoms with Gasteiger partial charge in [-0.1, -0.05) is 54.6 Å². The summed E-state index contributed by atoms with van der Waals surface area (Å²) in [7, 11) is 0. The van der Waals surface area contributed by atoms with Crippen LogP contribution in [0.1, 0.15) is 13.8 Å². The molecule has 0 fully saturated rings. The van der Waals surface area contributed by atoms with E-state index in [-0.39, 0.29) is 0 Å². The Balaban J connectivity index is 2.53. The van der Waals surface area contributed by atoms with Crippen LogP contribution in [0.5, 0.6) is 0 Å². The summed E-state index contributed by atoms with van der Waals surface area (Å²) in [5.74, 6) is 0. The second kappa shape index (κ2) is 5.84. The first-order valence-corrected chi connectivity index (χ1v) is 7.31. The highest BCUT2D eigenvalue weighted by atomic mass is 15.0. The molecule has 2 aromatic carbocycles. The van der Waals surface area contributed by atoms with E-state index in [1.54, 1.807) is 0 Å². The molecule has 1 heteroatoms. The van der Waals surface area contributed by atoms with E-state index in [4.69, 9.17) is 0 Å². The number of para-hydroxylation sites is 2. The van der Waals surface area contributed by atoms with Gasteiger partial charge in [-0.25, -0.2) is 0 Å². The molecule has 0 spiro atoms. The standard InChI is InChI=1S/C20H19N/c1-3-5-14-19-17(4-2)18-13-9-10-15-20(18)21(19)16-11-7-6-8-12-16/h3-15H,1-2H3/b5-3-,17-4-,19-14+. The summed E-state index contributed by atoms with van der Waals surface area (Å²) in [5, 5.41) is 3.80. The van der Waals surface area contributed by atoms with Gasteiger partial charge >= 0.3 is 0 Å². The van der Waals surface area contributed by atoms with Crippen LogP contribution in [0.25, 0.3) is 28.7 Å². The van der Waals surface area contributed by atoms with E-state index in [0.717, 1.165) is 0 Å². The van der Waals surface area contributed by atoms with Crippen molar-refractivity contribution in [3.05, 3.63) is 77.3 Å². The monoisotopic (exact) mass is 273 g/mol. The molecule has 0 saturated heterocycles. The minimum absolute atomic E-state index is 1.19. The zero-order valence-electron chi connectivity index (χ0n) is 12.5. The summed E-state index contributed by atoms with van der Waals surface area (Å²) < 4.78 is 2.32. The number of aromatic nitrogens is 1. The van der Waals surface area contributed by atoms with Gasteiger partial charge in [-0.05, 0) is 38.1 Å². The van der Waals surface area contributed by atoms with E-state index in [1.807, 2.05) is 6.92 Å². The topological polar surface area (TPSA) is 4.93 Å². The normalized spacial score (nSPS) is 13.6. The number of rotatable bonds is 2. The van der Waals surface area contributed by atoms with E-state index in [9.17, 15) is 0 Å². The van der Waals surface area contributed by atoms with Gasteiger partial charge in [0, 0.05) is 16.3 Å². The molecular formula is C20H19N. The van der Waals surface area contributed by atoms with Crippen LogP contribution in [0.15, 0.2) is 66.7 Å². The van der Waals surface area contributed by atoms with Crippen molar-refractivity contribution in [2.24, 2.45) is 0 Å². The maximum absolute atomic E-state index is 2.32. The van der Waals surface area contributed by atoms with Gasteiger partial charge in [0.1, 0.15) is 0 Å². The summed E-state index contributed by atoms with van der Waals surface area (Å²) in [6.45, 7) is 4.14. The van der Waals surface area contributed by atoms with Gasteiger partial charge in [0.15, 0.2) is 0 Å². The van der Waals surface area contributed by atoms with Gasteiger partial charge in [0.2, 0.25) is 0 Å². The van der Waals surface area contributed by atoms with Gasteiger partial charge in [-0.15, -0.1) is 0 Å². The van der Waals surface area contributed by atoms with Crippen LogP contribution in [0.3, 0.4) is 0 Å². The van der Waals surface area contributed by atoms with Gasteiger partial charge in [-0.2, -0.15) is 0 Å². The van der Waals surface area contributed by atoms with Gasteiger partial charge < -0.3 is 4.57 Å². The molecule has 3 rings (SSSR count). The zero-order valence-corrected chi connectivity index (χ0v) is 12.5. The SMILES string of the molecule is C\C=C/C=c1\c(=C/C)c2ccccc2n1-c1ccccc1. The van der Waals surface area contributed by atoms with Crippen molar-refractivity contribution in [3.8, 4) is 5.69 Å². The number of allylic oxidation sites excluding steroid dienone is 2. The molecule has 0 unspecified atom stereocenters. The van der Waals surface area contributed by atoms with Crippen LogP contribution >= 0.6 is 0 Å². The lowest BCUT2D eigenvalue weighted by Crippen LogP contribution is -2.27. The Bertz CT molecular complexity index is 896. The maximum atomic E-state index is 2.32. The minimum atomic E-state index is 1.19. The molecular weight excluding hydrogens is 254 g/mol. The third-order valence-electron chi connectivity index (χ3n) is 3.70. The van der Waals surface area contributed by atoms with E-state index >= 15 is 0 Å². The molecule has 0 saturated carbocycles. The Morgan fingerprint density at radius 2 is 1.57 bits per heavy atom. The molecule has 3 aromatic rings. The Kier molecular flexibility index (Phi) is 3.74. The first-order valence-electron chi connectivity index (χ1n) is 7.31. The molecule has 0 atom stereocenters. The highest BCUT2D eigenvalue weighted by molar-refractivity contribution is 5.84. The van der Waals surface area contributed by atoms with Crippen molar-refractivity contribution in [3.63, 3.8) is 0 Å². The Labute approximate surface area is 125 Å². The molecule has 0 aliphatic heterocycles. The van der Waals surface area contributed by atoms with E-state index in [2.05, 4.69) is 90.4 Å². The predicted octanol–water partition coefficient (Wildman–Crippen LogP) is 3.79. The highest BCUT2D eigenvalue weighted by Gasteiger charge is 2.07. The molecule has 0 aliphatic rings. The number of hydrogen-bond acceptors (Lipinski definition) is 0. The lowest BCUT2D eigenvalue weighted by Gasteiger charge is -2.05. The van der Waals surface area contributed by atoms with Crippen LogP contribution in [0.4, 0.5) is 0 Å². The summed E-state index contributed by atoms with van der Waals surface area (Å²) in [4.78, 5) is 0. The number of benzene rings is 2. The molecule has 0 amide bonds.